The van der Waals surface area contributed by atoms with Gasteiger partial charge in [0.25, 0.3) is 0 Å². The van der Waals surface area contributed by atoms with Crippen LogP contribution < -0.4 is 5.32 Å². The number of likely N-dealkylation sites (N-methyl/N-ethyl adjacent to an activating group) is 1. The van der Waals surface area contributed by atoms with Crippen LogP contribution in [0.4, 0.5) is 0 Å². The number of aliphatic hydroxyl groups is 1. The summed E-state index contributed by atoms with van der Waals surface area (Å²) >= 11 is 0. The fourth-order valence-electron chi connectivity index (χ4n) is 2.77. The molecular weight excluding hydrogens is 240 g/mol. The van der Waals surface area contributed by atoms with Gasteiger partial charge in [-0.25, -0.2) is 0 Å². The predicted molar refractivity (Wildman–Crippen MR) is 79.4 cm³/mol. The number of nitrogens with one attached hydrogen (secondary N) is 1. The van der Waals surface area contributed by atoms with Crippen LogP contribution in [-0.4, -0.2) is 62.0 Å². The fraction of sp³-hybridized carbons (Fsp3) is 1.00. The molecular formula is C15H32N2O2. The van der Waals surface area contributed by atoms with Crippen molar-refractivity contribution in [1.82, 2.24) is 10.2 Å². The highest BCUT2D eigenvalue weighted by atomic mass is 16.5. The lowest BCUT2D eigenvalue weighted by Crippen LogP contribution is -2.41. The average molecular weight is 272 g/mol. The lowest BCUT2D eigenvalue weighted by Gasteiger charge is -2.29. The highest BCUT2D eigenvalue weighted by molar-refractivity contribution is 4.74. The van der Waals surface area contributed by atoms with Crippen molar-refractivity contribution in [3.8, 4) is 0 Å². The predicted octanol–water partition coefficient (Wildman–Crippen LogP) is 1.48. The van der Waals surface area contributed by atoms with Gasteiger partial charge in [0.15, 0.2) is 0 Å². The van der Waals surface area contributed by atoms with E-state index < -0.39 is 6.10 Å². The molecule has 0 spiro atoms. The third-order valence-corrected chi connectivity index (χ3v) is 3.88. The zero-order chi connectivity index (χ0) is 14.3. The van der Waals surface area contributed by atoms with E-state index in [9.17, 15) is 5.11 Å². The molecule has 4 heteroatoms. The van der Waals surface area contributed by atoms with Crippen molar-refractivity contribution in [3.63, 3.8) is 0 Å². The van der Waals surface area contributed by atoms with E-state index in [1.54, 1.807) is 0 Å². The first-order chi connectivity index (χ1) is 8.99. The minimum atomic E-state index is -0.404. The van der Waals surface area contributed by atoms with Crippen molar-refractivity contribution >= 4 is 0 Å². The molecule has 0 aliphatic heterocycles. The second-order valence-corrected chi connectivity index (χ2v) is 6.36. The summed E-state index contributed by atoms with van der Waals surface area (Å²) in [4.78, 5) is 2.14. The van der Waals surface area contributed by atoms with Crippen LogP contribution in [0.5, 0.6) is 0 Å². The average Bonchev–Trinajstić information content (AvgIpc) is 2.34. The van der Waals surface area contributed by atoms with Gasteiger partial charge in [-0.3, -0.25) is 0 Å². The quantitative estimate of drug-likeness (QED) is 0.702. The van der Waals surface area contributed by atoms with Crippen LogP contribution in [0.3, 0.4) is 0 Å². The van der Waals surface area contributed by atoms with E-state index in [1.165, 1.54) is 19.3 Å². The van der Waals surface area contributed by atoms with Crippen molar-refractivity contribution in [2.45, 2.75) is 57.8 Å². The summed E-state index contributed by atoms with van der Waals surface area (Å²) in [6.45, 7) is 6.43. The first-order valence-corrected chi connectivity index (χ1v) is 7.66. The Balaban J connectivity index is 2.11. The number of aliphatic hydroxyl groups excluding tert-OH is 1. The van der Waals surface area contributed by atoms with Crippen LogP contribution in [0.15, 0.2) is 0 Å². The molecule has 0 bridgehead atoms. The topological polar surface area (TPSA) is 44.7 Å². The molecule has 0 saturated heterocycles. The van der Waals surface area contributed by atoms with Crippen molar-refractivity contribution in [1.29, 1.82) is 0 Å². The molecule has 4 atom stereocenters. The molecule has 1 aliphatic rings. The van der Waals surface area contributed by atoms with Crippen LogP contribution in [0.25, 0.3) is 0 Å². The highest BCUT2D eigenvalue weighted by Crippen LogP contribution is 2.26. The molecule has 1 fully saturated rings. The van der Waals surface area contributed by atoms with E-state index >= 15 is 0 Å². The molecule has 0 heterocycles. The van der Waals surface area contributed by atoms with Gasteiger partial charge in [-0.15, -0.1) is 0 Å². The molecule has 0 aromatic carbocycles. The molecule has 19 heavy (non-hydrogen) atoms. The number of hydrogen-bond acceptors (Lipinski definition) is 4. The molecule has 114 valence electrons. The minimum absolute atomic E-state index is 0.350. The van der Waals surface area contributed by atoms with Gasteiger partial charge in [0.05, 0.1) is 18.8 Å². The van der Waals surface area contributed by atoms with Gasteiger partial charge in [0.2, 0.25) is 0 Å². The molecule has 1 aliphatic carbocycles. The van der Waals surface area contributed by atoms with E-state index in [0.29, 0.717) is 31.2 Å². The first-order valence-electron chi connectivity index (χ1n) is 7.66. The number of ether oxygens (including phenoxy) is 1. The molecule has 0 aromatic heterocycles. The maximum Gasteiger partial charge on any atom is 0.0897 e. The summed E-state index contributed by atoms with van der Waals surface area (Å²) in [5, 5.41) is 13.3. The van der Waals surface area contributed by atoms with Crippen molar-refractivity contribution < 1.29 is 9.84 Å². The third-order valence-electron chi connectivity index (χ3n) is 3.88. The summed E-state index contributed by atoms with van der Waals surface area (Å²) in [5.41, 5.74) is 0. The molecule has 1 rings (SSSR count). The number of rotatable bonds is 8. The Labute approximate surface area is 118 Å². The van der Waals surface area contributed by atoms with Crippen LogP contribution >= 0.6 is 0 Å². The largest absolute Gasteiger partial charge is 0.389 e. The highest BCUT2D eigenvalue weighted by Gasteiger charge is 2.22. The maximum absolute atomic E-state index is 9.95. The molecule has 0 aromatic rings. The summed E-state index contributed by atoms with van der Waals surface area (Å²) in [6, 6.07) is 0.387. The maximum atomic E-state index is 9.95. The third kappa shape index (κ3) is 7.25. The Morgan fingerprint density at radius 2 is 2.00 bits per heavy atom. The minimum Gasteiger partial charge on any atom is -0.389 e. The van der Waals surface area contributed by atoms with Crippen molar-refractivity contribution in [3.05, 3.63) is 0 Å². The number of hydrogen-bond donors (Lipinski definition) is 2. The van der Waals surface area contributed by atoms with Crippen LogP contribution in [0, 0.1) is 5.92 Å². The van der Waals surface area contributed by atoms with E-state index in [1.807, 2.05) is 0 Å². The second-order valence-electron chi connectivity index (χ2n) is 6.36. The van der Waals surface area contributed by atoms with Crippen LogP contribution in [0.1, 0.15) is 39.5 Å². The monoisotopic (exact) mass is 272 g/mol. The smallest absolute Gasteiger partial charge is 0.0897 e. The Morgan fingerprint density at radius 1 is 1.32 bits per heavy atom. The van der Waals surface area contributed by atoms with Gasteiger partial charge in [-0.1, -0.05) is 19.8 Å². The van der Waals surface area contributed by atoms with Gasteiger partial charge >= 0.3 is 0 Å². The zero-order valence-electron chi connectivity index (χ0n) is 13.1. The molecule has 4 nitrogen and oxygen atoms in total. The van der Waals surface area contributed by atoms with Gasteiger partial charge < -0.3 is 20.1 Å². The molecule has 4 unspecified atom stereocenters. The van der Waals surface area contributed by atoms with Crippen molar-refractivity contribution in [2.24, 2.45) is 5.92 Å². The van der Waals surface area contributed by atoms with E-state index in [2.05, 4.69) is 38.2 Å². The molecule has 0 radical (unpaired) electrons. The first kappa shape index (κ1) is 16.9. The normalized spacial score (nSPS) is 27.5. The van der Waals surface area contributed by atoms with Gasteiger partial charge in [0, 0.05) is 19.1 Å². The lowest BCUT2D eigenvalue weighted by atomic mass is 9.88. The lowest BCUT2D eigenvalue weighted by molar-refractivity contribution is -0.0456. The van der Waals surface area contributed by atoms with Crippen LogP contribution in [-0.2, 0) is 4.74 Å². The van der Waals surface area contributed by atoms with E-state index in [-0.39, 0.29) is 0 Å². The van der Waals surface area contributed by atoms with Crippen molar-refractivity contribution in [2.75, 3.05) is 33.8 Å². The van der Waals surface area contributed by atoms with Gasteiger partial charge in [-0.05, 0) is 39.8 Å². The van der Waals surface area contributed by atoms with E-state index in [0.717, 1.165) is 13.0 Å². The zero-order valence-corrected chi connectivity index (χ0v) is 13.1. The second kappa shape index (κ2) is 8.90. The Kier molecular flexibility index (Phi) is 7.91. The summed E-state index contributed by atoms with van der Waals surface area (Å²) in [5.74, 6) is 0.640. The van der Waals surface area contributed by atoms with E-state index in [4.69, 9.17) is 4.74 Å². The SMILES string of the molecule is CC(CN(C)C)NCC(O)COC1CCCCC1C. The fourth-order valence-corrected chi connectivity index (χ4v) is 2.77. The Bertz CT molecular complexity index is 236. The molecule has 1 saturated carbocycles. The Hall–Kier alpha value is -0.160. The molecule has 0 amide bonds. The van der Waals surface area contributed by atoms with Crippen LogP contribution in [0.2, 0.25) is 0 Å². The van der Waals surface area contributed by atoms with Gasteiger partial charge in [-0.2, -0.15) is 0 Å². The number of nitrogens with zero attached hydrogens (tertiary/aromatic N) is 1. The summed E-state index contributed by atoms with van der Waals surface area (Å²) in [7, 11) is 4.12. The summed E-state index contributed by atoms with van der Waals surface area (Å²) < 4.78 is 5.87. The molecule has 2 N–H and O–H groups in total. The van der Waals surface area contributed by atoms with Gasteiger partial charge in [0.1, 0.15) is 0 Å². The Morgan fingerprint density at radius 3 is 2.63 bits per heavy atom. The standard InChI is InChI=1S/C15H32N2O2/c1-12-7-5-6-8-15(12)19-11-14(18)9-16-13(2)10-17(3)4/h12-16,18H,5-11H2,1-4H3. The summed E-state index contributed by atoms with van der Waals surface area (Å²) in [6.07, 6.45) is 4.95.